The molecule has 0 aromatic carbocycles. The van der Waals surface area contributed by atoms with Crippen molar-refractivity contribution < 1.29 is 13.2 Å². The molecule has 29 heavy (non-hydrogen) atoms. The Morgan fingerprint density at radius 2 is 2.14 bits per heavy atom. The molecule has 0 fully saturated rings. The highest BCUT2D eigenvalue weighted by Crippen LogP contribution is 2.27. The van der Waals surface area contributed by atoms with E-state index in [1.807, 2.05) is 12.1 Å². The number of aromatic nitrogens is 4. The normalized spacial score (nSPS) is 15.5. The largest absolute Gasteiger partial charge is 0.339 e. The molecule has 0 saturated carbocycles. The lowest BCUT2D eigenvalue weighted by Crippen LogP contribution is -2.33. The van der Waals surface area contributed by atoms with Gasteiger partial charge in [-0.3, -0.25) is 9.89 Å². The minimum atomic E-state index is -3.19. The monoisotopic (exact) mass is 434 g/mol. The number of H-pyrrole nitrogens is 2. The molecule has 3 aromatic rings. The number of fused-ring (bicyclic) bond motifs is 1. The fraction of sp³-hybridized carbons (Fsp3) is 0.278. The van der Waals surface area contributed by atoms with Crippen molar-refractivity contribution in [2.24, 2.45) is 0 Å². The summed E-state index contributed by atoms with van der Waals surface area (Å²) in [5.41, 5.74) is 3.86. The van der Waals surface area contributed by atoms with Crippen molar-refractivity contribution in [2.75, 3.05) is 24.7 Å². The number of nitrogens with one attached hydrogen (secondary N) is 3. The van der Waals surface area contributed by atoms with Crippen LogP contribution in [0.15, 0.2) is 24.4 Å². The van der Waals surface area contributed by atoms with Crippen molar-refractivity contribution in [3.8, 4) is 0 Å². The first-order chi connectivity index (χ1) is 13.7. The van der Waals surface area contributed by atoms with Gasteiger partial charge in [-0.25, -0.2) is 13.4 Å². The Morgan fingerprint density at radius 1 is 1.34 bits per heavy atom. The number of carbonyl (C=O) groups excluding carboxylic acids is 1. The van der Waals surface area contributed by atoms with E-state index in [0.717, 1.165) is 16.7 Å². The molecular formula is C18H19ClN6O3S. The average Bonchev–Trinajstić information content (AvgIpc) is 3.24. The molecule has 0 aliphatic carbocycles. The molecule has 0 unspecified atom stereocenters. The summed E-state index contributed by atoms with van der Waals surface area (Å²) in [6.45, 7) is 2.52. The molecule has 1 aliphatic heterocycles. The molecule has 1 aliphatic rings. The number of nitrogens with zero attached hydrogens (tertiary/aromatic N) is 3. The van der Waals surface area contributed by atoms with Crippen molar-refractivity contribution in [1.82, 2.24) is 24.5 Å². The minimum absolute atomic E-state index is 0.127. The van der Waals surface area contributed by atoms with Crippen LogP contribution in [0, 0.1) is 6.92 Å². The fourth-order valence-corrected chi connectivity index (χ4v) is 4.15. The third kappa shape index (κ3) is 3.91. The van der Waals surface area contributed by atoms with Crippen LogP contribution >= 0.6 is 11.6 Å². The van der Waals surface area contributed by atoms with Gasteiger partial charge in [0.2, 0.25) is 10.0 Å². The molecule has 0 saturated heterocycles. The maximum absolute atomic E-state index is 12.4. The maximum Gasteiger partial charge on any atom is 0.277 e. The SMILES string of the molecule is Cc1[nH]nc(C(=O)Nc2cnc3[nH]c(C4=CCN(S(C)(=O)=O)CC4)cc3c2)c1Cl. The average molecular weight is 435 g/mol. The summed E-state index contributed by atoms with van der Waals surface area (Å²) >= 11 is 6.07. The van der Waals surface area contributed by atoms with Crippen LogP contribution in [0.3, 0.4) is 0 Å². The van der Waals surface area contributed by atoms with Crippen LogP contribution in [-0.4, -0.2) is 58.1 Å². The highest BCUT2D eigenvalue weighted by Gasteiger charge is 2.21. The van der Waals surface area contributed by atoms with Gasteiger partial charge in [0.05, 0.1) is 28.9 Å². The van der Waals surface area contributed by atoms with E-state index in [0.29, 0.717) is 36.5 Å². The Bertz CT molecular complexity index is 1240. The van der Waals surface area contributed by atoms with Gasteiger partial charge >= 0.3 is 0 Å². The topological polar surface area (TPSA) is 124 Å². The number of halogens is 1. The Morgan fingerprint density at radius 3 is 2.76 bits per heavy atom. The summed E-state index contributed by atoms with van der Waals surface area (Å²) in [6, 6.07) is 3.74. The first-order valence-corrected chi connectivity index (χ1v) is 11.1. The number of aryl methyl sites for hydroxylation is 1. The van der Waals surface area contributed by atoms with E-state index in [9.17, 15) is 13.2 Å². The Balaban J connectivity index is 1.55. The molecule has 3 N–H and O–H groups in total. The molecule has 4 rings (SSSR count). The van der Waals surface area contributed by atoms with Gasteiger partial charge in [0.25, 0.3) is 5.91 Å². The predicted octanol–water partition coefficient (Wildman–Crippen LogP) is 2.55. The Kier molecular flexibility index (Phi) is 4.93. The zero-order chi connectivity index (χ0) is 20.8. The number of hydrogen-bond donors (Lipinski definition) is 3. The lowest BCUT2D eigenvalue weighted by atomic mass is 10.1. The number of carbonyl (C=O) groups is 1. The van der Waals surface area contributed by atoms with Gasteiger partial charge in [0.1, 0.15) is 5.65 Å². The second-order valence-corrected chi connectivity index (χ2v) is 9.27. The first-order valence-electron chi connectivity index (χ1n) is 8.87. The van der Waals surface area contributed by atoms with E-state index in [4.69, 9.17) is 11.6 Å². The molecule has 0 spiro atoms. The molecule has 9 nitrogen and oxygen atoms in total. The van der Waals surface area contributed by atoms with Gasteiger partial charge in [-0.15, -0.1) is 0 Å². The van der Waals surface area contributed by atoms with Gasteiger partial charge in [0, 0.05) is 24.2 Å². The van der Waals surface area contributed by atoms with E-state index in [1.165, 1.54) is 10.6 Å². The van der Waals surface area contributed by atoms with Gasteiger partial charge in [-0.2, -0.15) is 9.40 Å². The van der Waals surface area contributed by atoms with E-state index in [-0.39, 0.29) is 10.7 Å². The van der Waals surface area contributed by atoms with Gasteiger partial charge < -0.3 is 10.3 Å². The summed E-state index contributed by atoms with van der Waals surface area (Å²) < 4.78 is 24.7. The standard InChI is InChI=1S/C18H19ClN6O3S/c1-10-15(19)16(24-23-10)18(26)21-13-7-12-8-14(22-17(12)20-9-13)11-3-5-25(6-4-11)29(2,27)28/h3,7-9H,4-6H2,1-2H3,(H,20,22)(H,21,26)(H,23,24). The van der Waals surface area contributed by atoms with E-state index < -0.39 is 15.9 Å². The van der Waals surface area contributed by atoms with Gasteiger partial charge in [0.15, 0.2) is 5.69 Å². The van der Waals surface area contributed by atoms with Crippen LogP contribution in [0.2, 0.25) is 5.02 Å². The van der Waals surface area contributed by atoms with Crippen molar-refractivity contribution in [2.45, 2.75) is 13.3 Å². The van der Waals surface area contributed by atoms with Crippen molar-refractivity contribution in [1.29, 1.82) is 0 Å². The number of anilines is 1. The zero-order valence-electron chi connectivity index (χ0n) is 15.8. The van der Waals surface area contributed by atoms with Crippen molar-refractivity contribution in [3.05, 3.63) is 46.5 Å². The molecule has 1 amide bonds. The van der Waals surface area contributed by atoms with E-state index >= 15 is 0 Å². The molecule has 0 radical (unpaired) electrons. The third-order valence-electron chi connectivity index (χ3n) is 4.80. The van der Waals surface area contributed by atoms with Crippen LogP contribution in [0.5, 0.6) is 0 Å². The van der Waals surface area contributed by atoms with E-state index in [2.05, 4.69) is 25.5 Å². The second-order valence-electron chi connectivity index (χ2n) is 6.91. The lowest BCUT2D eigenvalue weighted by Gasteiger charge is -2.23. The molecule has 11 heteroatoms. The fourth-order valence-electron chi connectivity index (χ4n) is 3.21. The van der Waals surface area contributed by atoms with Crippen molar-refractivity contribution in [3.63, 3.8) is 0 Å². The second kappa shape index (κ2) is 7.29. The van der Waals surface area contributed by atoms with Crippen LogP contribution < -0.4 is 5.32 Å². The van der Waals surface area contributed by atoms with E-state index in [1.54, 1.807) is 19.2 Å². The van der Waals surface area contributed by atoms with Crippen LogP contribution in [0.4, 0.5) is 5.69 Å². The third-order valence-corrected chi connectivity index (χ3v) is 6.53. The first kappa shape index (κ1) is 19.6. The molecule has 0 atom stereocenters. The lowest BCUT2D eigenvalue weighted by molar-refractivity contribution is 0.102. The van der Waals surface area contributed by atoms with Crippen LogP contribution in [-0.2, 0) is 10.0 Å². The smallest absolute Gasteiger partial charge is 0.277 e. The molecular weight excluding hydrogens is 416 g/mol. The van der Waals surface area contributed by atoms with Crippen molar-refractivity contribution >= 4 is 49.8 Å². The number of sulfonamides is 1. The number of hydrogen-bond acceptors (Lipinski definition) is 5. The Labute approximate surface area is 172 Å². The van der Waals surface area contributed by atoms with Gasteiger partial charge in [-0.1, -0.05) is 17.7 Å². The zero-order valence-corrected chi connectivity index (χ0v) is 17.4. The minimum Gasteiger partial charge on any atom is -0.339 e. The number of pyridine rings is 1. The Hall–Kier alpha value is -2.69. The summed E-state index contributed by atoms with van der Waals surface area (Å²) in [7, 11) is -3.19. The summed E-state index contributed by atoms with van der Waals surface area (Å²) in [5, 5.41) is 10.4. The molecule has 4 heterocycles. The van der Waals surface area contributed by atoms with Crippen LogP contribution in [0.25, 0.3) is 16.6 Å². The predicted molar refractivity (Wildman–Crippen MR) is 111 cm³/mol. The van der Waals surface area contributed by atoms with Crippen LogP contribution in [0.1, 0.15) is 28.3 Å². The number of rotatable bonds is 4. The molecule has 152 valence electrons. The quantitative estimate of drug-likeness (QED) is 0.582. The maximum atomic E-state index is 12.4. The highest BCUT2D eigenvalue weighted by molar-refractivity contribution is 7.88. The highest BCUT2D eigenvalue weighted by atomic mass is 35.5. The molecule has 0 bridgehead atoms. The number of aromatic amines is 2. The molecule has 3 aromatic heterocycles. The summed E-state index contributed by atoms with van der Waals surface area (Å²) in [4.78, 5) is 20.0. The summed E-state index contributed by atoms with van der Waals surface area (Å²) in [6.07, 6.45) is 5.28. The van der Waals surface area contributed by atoms with Gasteiger partial charge in [-0.05, 0) is 31.1 Å². The summed E-state index contributed by atoms with van der Waals surface area (Å²) in [5.74, 6) is -0.424. The number of amides is 1.